The largest absolute Gasteiger partial charge is 0.316 e. The first-order chi connectivity index (χ1) is 10.1. The highest BCUT2D eigenvalue weighted by Gasteiger charge is 2.40. The van der Waals surface area contributed by atoms with E-state index < -0.39 is 10.0 Å². The van der Waals surface area contributed by atoms with Crippen molar-refractivity contribution >= 4 is 10.0 Å². The van der Waals surface area contributed by atoms with Gasteiger partial charge < -0.3 is 5.32 Å². The number of rotatable bonds is 8. The van der Waals surface area contributed by atoms with Crippen molar-refractivity contribution in [1.82, 2.24) is 9.62 Å². The molecule has 0 spiro atoms. The number of hydrogen-bond donors (Lipinski definition) is 1. The van der Waals surface area contributed by atoms with Gasteiger partial charge in [0.05, 0.1) is 5.75 Å². The van der Waals surface area contributed by atoms with Crippen LogP contribution in [0.3, 0.4) is 0 Å². The maximum absolute atomic E-state index is 12.7. The van der Waals surface area contributed by atoms with E-state index in [4.69, 9.17) is 0 Å². The van der Waals surface area contributed by atoms with Crippen LogP contribution in [0, 0.1) is 5.92 Å². The van der Waals surface area contributed by atoms with Gasteiger partial charge in [-0.15, -0.1) is 0 Å². The molecule has 21 heavy (non-hydrogen) atoms. The molecule has 4 nitrogen and oxygen atoms in total. The molecule has 0 saturated heterocycles. The summed E-state index contributed by atoms with van der Waals surface area (Å²) in [5.41, 5.74) is 2.02. The number of nitrogens with one attached hydrogen (secondary N) is 1. The minimum Gasteiger partial charge on any atom is -0.316 e. The first-order valence-corrected chi connectivity index (χ1v) is 9.41. The maximum atomic E-state index is 12.7. The molecule has 2 fully saturated rings. The van der Waals surface area contributed by atoms with Gasteiger partial charge in [-0.1, -0.05) is 24.3 Å². The van der Waals surface area contributed by atoms with Crippen LogP contribution >= 0.6 is 0 Å². The molecule has 0 aliphatic heterocycles. The van der Waals surface area contributed by atoms with E-state index in [0.717, 1.165) is 37.1 Å². The third-order valence-electron chi connectivity index (χ3n) is 4.17. The van der Waals surface area contributed by atoms with E-state index in [2.05, 4.69) is 5.32 Å². The normalized spacial score (nSPS) is 19.1. The molecule has 0 aromatic heterocycles. The second kappa shape index (κ2) is 6.07. The van der Waals surface area contributed by atoms with Crippen molar-refractivity contribution in [2.24, 2.45) is 5.92 Å². The lowest BCUT2D eigenvalue weighted by atomic mass is 10.1. The third-order valence-corrected chi connectivity index (χ3v) is 6.03. The van der Waals surface area contributed by atoms with E-state index in [0.29, 0.717) is 5.92 Å². The van der Waals surface area contributed by atoms with Crippen molar-refractivity contribution in [2.75, 3.05) is 13.6 Å². The zero-order chi connectivity index (χ0) is 14.9. The highest BCUT2D eigenvalue weighted by molar-refractivity contribution is 7.88. The Labute approximate surface area is 127 Å². The predicted octanol–water partition coefficient (Wildman–Crippen LogP) is 2.11. The van der Waals surface area contributed by atoms with Crippen molar-refractivity contribution in [3.63, 3.8) is 0 Å². The van der Waals surface area contributed by atoms with Crippen LogP contribution < -0.4 is 5.32 Å². The minimum absolute atomic E-state index is 0.133. The van der Waals surface area contributed by atoms with Crippen LogP contribution in [0.2, 0.25) is 0 Å². The Balaban J connectivity index is 1.72. The first-order valence-electron chi connectivity index (χ1n) is 7.80. The summed E-state index contributed by atoms with van der Waals surface area (Å²) in [6, 6.07) is 8.15. The minimum atomic E-state index is -3.19. The summed E-state index contributed by atoms with van der Waals surface area (Å²) in [6.45, 7) is 1.51. The molecule has 0 amide bonds. The van der Waals surface area contributed by atoms with Gasteiger partial charge in [0, 0.05) is 19.1 Å². The Hall–Kier alpha value is -0.910. The Morgan fingerprint density at radius 1 is 1.19 bits per heavy atom. The molecule has 0 unspecified atom stereocenters. The lowest BCUT2D eigenvalue weighted by Crippen LogP contribution is -2.35. The number of hydrogen-bond acceptors (Lipinski definition) is 3. The second-order valence-corrected chi connectivity index (χ2v) is 8.27. The van der Waals surface area contributed by atoms with Gasteiger partial charge >= 0.3 is 0 Å². The quantitative estimate of drug-likeness (QED) is 0.800. The molecule has 0 atom stereocenters. The molecule has 1 N–H and O–H groups in total. The van der Waals surface area contributed by atoms with Crippen LogP contribution in [0.4, 0.5) is 0 Å². The summed E-state index contributed by atoms with van der Waals surface area (Å²) in [5.74, 6) is 0.740. The first kappa shape index (κ1) is 15.0. The van der Waals surface area contributed by atoms with Crippen molar-refractivity contribution in [3.05, 3.63) is 35.4 Å². The van der Waals surface area contributed by atoms with E-state index in [1.54, 1.807) is 4.31 Å². The summed E-state index contributed by atoms with van der Waals surface area (Å²) < 4.78 is 27.2. The Kier molecular flexibility index (Phi) is 4.33. The Bertz CT molecular complexity index is 592. The molecule has 3 rings (SSSR count). The molecule has 2 aliphatic carbocycles. The predicted molar refractivity (Wildman–Crippen MR) is 84.3 cm³/mol. The SMILES string of the molecule is CNCc1cccc(CS(=O)(=O)N(CC2CC2)C2CC2)c1. The van der Waals surface area contributed by atoms with Gasteiger partial charge in [-0.2, -0.15) is 4.31 Å². The van der Waals surface area contributed by atoms with Crippen molar-refractivity contribution in [2.45, 2.75) is 44.0 Å². The Morgan fingerprint density at radius 3 is 2.52 bits per heavy atom. The molecule has 0 heterocycles. The van der Waals surface area contributed by atoms with Crippen molar-refractivity contribution in [3.8, 4) is 0 Å². The zero-order valence-electron chi connectivity index (χ0n) is 12.6. The molecular weight excluding hydrogens is 284 g/mol. The molecule has 1 aromatic carbocycles. The summed E-state index contributed by atoms with van der Waals surface area (Å²) in [7, 11) is -1.29. The molecule has 0 radical (unpaired) electrons. The summed E-state index contributed by atoms with van der Waals surface area (Å²) in [6.07, 6.45) is 4.45. The van der Waals surface area contributed by atoms with E-state index in [1.165, 1.54) is 12.8 Å². The summed E-state index contributed by atoms with van der Waals surface area (Å²) in [4.78, 5) is 0. The lowest BCUT2D eigenvalue weighted by Gasteiger charge is -2.22. The average Bonchev–Trinajstić information content (AvgIpc) is 3.30. The summed E-state index contributed by atoms with van der Waals surface area (Å²) >= 11 is 0. The van der Waals surface area contributed by atoms with Gasteiger partial charge in [-0.05, 0) is 49.8 Å². The van der Waals surface area contributed by atoms with E-state index in [-0.39, 0.29) is 11.8 Å². The van der Waals surface area contributed by atoms with E-state index in [1.807, 2.05) is 31.3 Å². The smallest absolute Gasteiger partial charge is 0.218 e. The number of nitrogens with zero attached hydrogens (tertiary/aromatic N) is 1. The summed E-state index contributed by atoms with van der Waals surface area (Å²) in [5, 5.41) is 3.10. The fourth-order valence-electron chi connectivity index (χ4n) is 2.73. The standard InChI is InChI=1S/C16H24N2O2S/c1-17-10-14-3-2-4-15(9-14)12-21(19,20)18(16-7-8-16)11-13-5-6-13/h2-4,9,13,16-17H,5-8,10-12H2,1H3. The fourth-order valence-corrected chi connectivity index (χ4v) is 4.60. The van der Waals surface area contributed by atoms with E-state index in [9.17, 15) is 8.42 Å². The van der Waals surface area contributed by atoms with Crippen LogP contribution in [-0.2, 0) is 22.3 Å². The molecule has 5 heteroatoms. The molecule has 2 aliphatic rings. The highest BCUT2D eigenvalue weighted by atomic mass is 32.2. The molecular formula is C16H24N2O2S. The van der Waals surface area contributed by atoms with Crippen LogP contribution in [0.1, 0.15) is 36.8 Å². The Morgan fingerprint density at radius 2 is 1.90 bits per heavy atom. The topological polar surface area (TPSA) is 49.4 Å². The van der Waals surface area contributed by atoms with Crippen LogP contribution in [0.15, 0.2) is 24.3 Å². The fraction of sp³-hybridized carbons (Fsp3) is 0.625. The monoisotopic (exact) mass is 308 g/mol. The van der Waals surface area contributed by atoms with Crippen molar-refractivity contribution < 1.29 is 8.42 Å². The number of benzene rings is 1. The molecule has 1 aromatic rings. The number of sulfonamides is 1. The van der Waals surface area contributed by atoms with Gasteiger partial charge in [0.25, 0.3) is 0 Å². The van der Waals surface area contributed by atoms with E-state index >= 15 is 0 Å². The van der Waals surface area contributed by atoms with Gasteiger partial charge in [0.15, 0.2) is 0 Å². The molecule has 2 saturated carbocycles. The van der Waals surface area contributed by atoms with Gasteiger partial charge in [-0.3, -0.25) is 0 Å². The highest BCUT2D eigenvalue weighted by Crippen LogP contribution is 2.37. The van der Waals surface area contributed by atoms with Crippen molar-refractivity contribution in [1.29, 1.82) is 0 Å². The van der Waals surface area contributed by atoms with Crippen LogP contribution in [0.25, 0.3) is 0 Å². The second-order valence-electron chi connectivity index (χ2n) is 6.35. The zero-order valence-corrected chi connectivity index (χ0v) is 13.4. The van der Waals surface area contributed by atoms with Gasteiger partial charge in [0.1, 0.15) is 0 Å². The molecule has 0 bridgehead atoms. The lowest BCUT2D eigenvalue weighted by molar-refractivity contribution is 0.388. The van der Waals surface area contributed by atoms with Crippen LogP contribution in [-0.4, -0.2) is 32.4 Å². The maximum Gasteiger partial charge on any atom is 0.218 e. The third kappa shape index (κ3) is 4.05. The van der Waals surface area contributed by atoms with Crippen LogP contribution in [0.5, 0.6) is 0 Å². The molecule has 116 valence electrons. The van der Waals surface area contributed by atoms with Gasteiger partial charge in [-0.25, -0.2) is 8.42 Å². The average molecular weight is 308 g/mol. The van der Waals surface area contributed by atoms with Gasteiger partial charge in [0.2, 0.25) is 10.0 Å².